The lowest BCUT2D eigenvalue weighted by molar-refractivity contribution is 0.304. The number of halogens is 3. The van der Waals surface area contributed by atoms with Gasteiger partial charge in [-0.25, -0.2) is 8.78 Å². The van der Waals surface area contributed by atoms with Crippen molar-refractivity contribution in [1.29, 1.82) is 0 Å². The fraction of sp³-hybridized carbons (Fsp3) is 0.250. The Morgan fingerprint density at radius 2 is 1.90 bits per heavy atom. The van der Waals surface area contributed by atoms with Crippen molar-refractivity contribution in [3.8, 4) is 5.75 Å². The van der Waals surface area contributed by atoms with Crippen LogP contribution in [0.1, 0.15) is 18.1 Å². The van der Waals surface area contributed by atoms with Gasteiger partial charge in [-0.3, -0.25) is 0 Å². The molecule has 112 valence electrons. The van der Waals surface area contributed by atoms with Crippen molar-refractivity contribution >= 4 is 15.9 Å². The van der Waals surface area contributed by atoms with Gasteiger partial charge in [0.25, 0.3) is 0 Å². The van der Waals surface area contributed by atoms with Crippen molar-refractivity contribution in [1.82, 2.24) is 0 Å². The van der Waals surface area contributed by atoms with Gasteiger partial charge in [-0.1, -0.05) is 6.07 Å². The molecular formula is C16H16BrF2NO. The second kappa shape index (κ2) is 7.00. The summed E-state index contributed by atoms with van der Waals surface area (Å²) >= 11 is 3.12. The molecular weight excluding hydrogens is 340 g/mol. The van der Waals surface area contributed by atoms with Gasteiger partial charge in [-0.2, -0.15) is 0 Å². The molecule has 0 saturated carbocycles. The Morgan fingerprint density at radius 3 is 2.57 bits per heavy atom. The Morgan fingerprint density at radius 1 is 1.14 bits per heavy atom. The molecule has 21 heavy (non-hydrogen) atoms. The van der Waals surface area contributed by atoms with Gasteiger partial charge < -0.3 is 10.5 Å². The van der Waals surface area contributed by atoms with Gasteiger partial charge in [-0.15, -0.1) is 0 Å². The maximum absolute atomic E-state index is 13.5. The summed E-state index contributed by atoms with van der Waals surface area (Å²) in [6.45, 7) is 2.10. The molecule has 0 aromatic heterocycles. The van der Waals surface area contributed by atoms with Crippen molar-refractivity contribution < 1.29 is 13.5 Å². The second-order valence-corrected chi connectivity index (χ2v) is 5.87. The van der Waals surface area contributed by atoms with E-state index in [1.54, 1.807) is 18.2 Å². The summed E-state index contributed by atoms with van der Waals surface area (Å²) in [5.41, 5.74) is 7.30. The molecule has 0 spiro atoms. The smallest absolute Gasteiger partial charge is 0.137 e. The van der Waals surface area contributed by atoms with E-state index in [9.17, 15) is 8.78 Å². The van der Waals surface area contributed by atoms with Crippen LogP contribution in [0.3, 0.4) is 0 Å². The third kappa shape index (κ3) is 4.79. The summed E-state index contributed by atoms with van der Waals surface area (Å²) in [6, 6.07) is 9.11. The van der Waals surface area contributed by atoms with Crippen LogP contribution in [0.4, 0.5) is 8.78 Å². The first kappa shape index (κ1) is 15.9. The topological polar surface area (TPSA) is 35.2 Å². The SMILES string of the molecule is CC(N)Cc1cc(F)cc(OCc2ccc(F)c(Br)c2)c1. The fourth-order valence-corrected chi connectivity index (χ4v) is 2.42. The highest BCUT2D eigenvalue weighted by Gasteiger charge is 2.06. The van der Waals surface area contributed by atoms with Gasteiger partial charge >= 0.3 is 0 Å². The monoisotopic (exact) mass is 355 g/mol. The second-order valence-electron chi connectivity index (χ2n) is 5.01. The predicted octanol–water partition coefficient (Wildman–Crippen LogP) is 4.20. The van der Waals surface area contributed by atoms with Crippen LogP contribution in [0.2, 0.25) is 0 Å². The van der Waals surface area contributed by atoms with Gasteiger partial charge in [0.2, 0.25) is 0 Å². The third-order valence-electron chi connectivity index (χ3n) is 2.88. The average molecular weight is 356 g/mol. The number of ether oxygens (including phenoxy) is 1. The van der Waals surface area contributed by atoms with E-state index in [0.29, 0.717) is 16.6 Å². The zero-order chi connectivity index (χ0) is 15.4. The fourth-order valence-electron chi connectivity index (χ4n) is 1.99. The standard InChI is InChI=1S/C16H16BrF2NO/c1-10(20)4-12-5-13(18)8-14(6-12)21-9-11-2-3-16(19)15(17)7-11/h2-3,5-8,10H,4,9,20H2,1H3. The molecule has 0 aliphatic rings. The molecule has 2 aromatic rings. The van der Waals surface area contributed by atoms with E-state index in [-0.39, 0.29) is 24.3 Å². The maximum Gasteiger partial charge on any atom is 0.137 e. The summed E-state index contributed by atoms with van der Waals surface area (Å²) in [6.07, 6.45) is 0.580. The molecule has 0 aliphatic carbocycles. The van der Waals surface area contributed by atoms with Crippen molar-refractivity contribution in [2.75, 3.05) is 0 Å². The number of benzene rings is 2. The minimum absolute atomic E-state index is 0.0484. The van der Waals surface area contributed by atoms with Crippen LogP contribution in [-0.2, 0) is 13.0 Å². The van der Waals surface area contributed by atoms with E-state index >= 15 is 0 Å². The summed E-state index contributed by atoms with van der Waals surface area (Å²) in [4.78, 5) is 0. The van der Waals surface area contributed by atoms with Crippen LogP contribution >= 0.6 is 15.9 Å². The highest BCUT2D eigenvalue weighted by Crippen LogP contribution is 2.21. The molecule has 2 aromatic carbocycles. The highest BCUT2D eigenvalue weighted by atomic mass is 79.9. The first-order valence-corrected chi connectivity index (χ1v) is 7.35. The normalized spacial score (nSPS) is 12.2. The Labute approximate surface area is 131 Å². The van der Waals surface area contributed by atoms with Gasteiger partial charge in [0.1, 0.15) is 24.0 Å². The van der Waals surface area contributed by atoms with Crippen LogP contribution in [0.15, 0.2) is 40.9 Å². The summed E-state index contributed by atoms with van der Waals surface area (Å²) in [7, 11) is 0. The highest BCUT2D eigenvalue weighted by molar-refractivity contribution is 9.10. The van der Waals surface area contributed by atoms with E-state index in [4.69, 9.17) is 10.5 Å². The van der Waals surface area contributed by atoms with Gasteiger partial charge in [-0.05, 0) is 64.7 Å². The molecule has 2 nitrogen and oxygen atoms in total. The van der Waals surface area contributed by atoms with E-state index in [0.717, 1.165) is 11.1 Å². The molecule has 1 atom stereocenters. The molecule has 5 heteroatoms. The lowest BCUT2D eigenvalue weighted by Gasteiger charge is -2.10. The molecule has 0 heterocycles. The number of rotatable bonds is 5. The largest absolute Gasteiger partial charge is 0.489 e. The molecule has 2 rings (SSSR count). The maximum atomic E-state index is 13.5. The molecule has 1 unspecified atom stereocenters. The van der Waals surface area contributed by atoms with Gasteiger partial charge in [0.05, 0.1) is 4.47 Å². The van der Waals surface area contributed by atoms with E-state index < -0.39 is 0 Å². The van der Waals surface area contributed by atoms with Crippen LogP contribution < -0.4 is 10.5 Å². The Bertz CT molecular complexity index is 632. The summed E-state index contributed by atoms with van der Waals surface area (Å²) in [5.74, 6) is -0.252. The predicted molar refractivity (Wildman–Crippen MR) is 82.2 cm³/mol. The molecule has 0 radical (unpaired) electrons. The lowest BCUT2D eigenvalue weighted by Crippen LogP contribution is -2.17. The zero-order valence-corrected chi connectivity index (χ0v) is 13.2. The first-order chi connectivity index (χ1) is 9.94. The third-order valence-corrected chi connectivity index (χ3v) is 3.49. The van der Waals surface area contributed by atoms with E-state index in [2.05, 4.69) is 15.9 Å². The molecule has 0 saturated heterocycles. The quantitative estimate of drug-likeness (QED) is 0.872. The average Bonchev–Trinajstić information content (AvgIpc) is 2.39. The molecule has 2 N–H and O–H groups in total. The van der Waals surface area contributed by atoms with Crippen molar-refractivity contribution in [2.24, 2.45) is 5.73 Å². The van der Waals surface area contributed by atoms with Gasteiger partial charge in [0.15, 0.2) is 0 Å². The summed E-state index contributed by atoms with van der Waals surface area (Å²) < 4.78 is 32.6. The minimum atomic E-state index is -0.358. The van der Waals surface area contributed by atoms with Crippen molar-refractivity contribution in [3.05, 3.63) is 63.6 Å². The summed E-state index contributed by atoms with van der Waals surface area (Å²) in [5, 5.41) is 0. The Hall–Kier alpha value is -1.46. The van der Waals surface area contributed by atoms with Crippen LogP contribution in [-0.4, -0.2) is 6.04 Å². The zero-order valence-electron chi connectivity index (χ0n) is 11.6. The van der Waals surface area contributed by atoms with E-state index in [1.807, 2.05) is 6.92 Å². The first-order valence-electron chi connectivity index (χ1n) is 6.56. The van der Waals surface area contributed by atoms with Crippen molar-refractivity contribution in [2.45, 2.75) is 26.0 Å². The molecule has 0 bridgehead atoms. The van der Waals surface area contributed by atoms with E-state index in [1.165, 1.54) is 18.2 Å². The molecule has 0 fully saturated rings. The molecule has 0 amide bonds. The number of hydrogen-bond donors (Lipinski definition) is 1. The Kier molecular flexibility index (Phi) is 5.31. The number of hydrogen-bond acceptors (Lipinski definition) is 2. The minimum Gasteiger partial charge on any atom is -0.489 e. The van der Waals surface area contributed by atoms with Gasteiger partial charge in [0, 0.05) is 12.1 Å². The Balaban J connectivity index is 2.08. The molecule has 0 aliphatic heterocycles. The van der Waals surface area contributed by atoms with Crippen molar-refractivity contribution in [3.63, 3.8) is 0 Å². The lowest BCUT2D eigenvalue weighted by atomic mass is 10.1. The van der Waals surface area contributed by atoms with Crippen LogP contribution in [0.25, 0.3) is 0 Å². The number of nitrogens with two attached hydrogens (primary N) is 1. The van der Waals surface area contributed by atoms with Crippen LogP contribution in [0.5, 0.6) is 5.75 Å². The van der Waals surface area contributed by atoms with Crippen LogP contribution in [0, 0.1) is 11.6 Å².